The van der Waals surface area contributed by atoms with Gasteiger partial charge in [0, 0.05) is 22.1 Å². The molecule has 0 fully saturated rings. The Balaban J connectivity index is 1.12. The average Bonchev–Trinajstić information content (AvgIpc) is 3.47. The minimum Gasteiger partial charge on any atom is -0.228 e. The third-order valence-electron chi connectivity index (χ3n) is 11.1. The van der Waals surface area contributed by atoms with Crippen molar-refractivity contribution in [3.63, 3.8) is 0 Å². The Labute approximate surface area is 310 Å². The molecule has 0 saturated heterocycles. The monoisotopic (exact) mass is 676 g/mol. The predicted octanol–water partition coefficient (Wildman–Crippen LogP) is 13.4. The fourth-order valence-corrected chi connectivity index (χ4v) is 8.58. The first-order valence-electron chi connectivity index (χ1n) is 18.3. The zero-order chi connectivity index (χ0) is 35.5. The highest BCUT2D eigenvalue weighted by molar-refractivity contribution is 6.06. The average molecular weight is 677 g/mol. The van der Waals surface area contributed by atoms with Crippen molar-refractivity contribution in [1.82, 2.24) is 9.97 Å². The Morgan fingerprint density at radius 2 is 0.943 bits per heavy atom. The van der Waals surface area contributed by atoms with Crippen LogP contribution in [0.2, 0.25) is 0 Å². The van der Waals surface area contributed by atoms with E-state index in [1.54, 1.807) is 0 Å². The van der Waals surface area contributed by atoms with Crippen LogP contribution in [-0.4, -0.2) is 9.97 Å². The van der Waals surface area contributed by atoms with Crippen molar-refractivity contribution in [2.75, 3.05) is 0 Å². The van der Waals surface area contributed by atoms with Gasteiger partial charge in [-0.1, -0.05) is 184 Å². The number of hydrogen-bond donors (Lipinski definition) is 0. The van der Waals surface area contributed by atoms with Crippen molar-refractivity contribution in [1.29, 1.82) is 0 Å². The molecule has 0 radical (unpaired) electrons. The lowest BCUT2D eigenvalue weighted by Gasteiger charge is -2.23. The summed E-state index contributed by atoms with van der Waals surface area (Å²) >= 11 is 0. The second kappa shape index (κ2) is 12.3. The molecule has 9 aromatic rings. The van der Waals surface area contributed by atoms with Gasteiger partial charge in [-0.2, -0.15) is 0 Å². The molecule has 0 amide bonds. The molecule has 1 aliphatic rings. The van der Waals surface area contributed by atoms with Gasteiger partial charge in [-0.3, -0.25) is 0 Å². The lowest BCUT2D eigenvalue weighted by atomic mass is 9.80. The van der Waals surface area contributed by atoms with Crippen LogP contribution in [0, 0.1) is 0 Å². The van der Waals surface area contributed by atoms with Gasteiger partial charge >= 0.3 is 0 Å². The van der Waals surface area contributed by atoms with Gasteiger partial charge in [-0.25, -0.2) is 9.97 Å². The van der Waals surface area contributed by atoms with Gasteiger partial charge in [-0.05, 0) is 78.2 Å². The maximum Gasteiger partial charge on any atom is 0.160 e. The third kappa shape index (κ3) is 5.10. The molecule has 0 spiro atoms. The van der Waals surface area contributed by atoms with Crippen LogP contribution in [0.3, 0.4) is 0 Å². The molecular formula is C51H36N2. The summed E-state index contributed by atoms with van der Waals surface area (Å²) in [5, 5.41) is 4.99. The van der Waals surface area contributed by atoms with E-state index in [1.807, 2.05) is 24.3 Å². The minimum absolute atomic E-state index is 0.104. The molecule has 0 N–H and O–H groups in total. The van der Waals surface area contributed by atoms with E-state index in [-0.39, 0.29) is 5.41 Å². The van der Waals surface area contributed by atoms with Crippen LogP contribution in [0.5, 0.6) is 0 Å². The van der Waals surface area contributed by atoms with Gasteiger partial charge in [0.25, 0.3) is 0 Å². The van der Waals surface area contributed by atoms with Crippen molar-refractivity contribution in [2.24, 2.45) is 0 Å². The maximum absolute atomic E-state index is 5.18. The molecule has 1 heterocycles. The predicted molar refractivity (Wildman–Crippen MR) is 222 cm³/mol. The zero-order valence-corrected chi connectivity index (χ0v) is 29.7. The van der Waals surface area contributed by atoms with E-state index >= 15 is 0 Å². The highest BCUT2D eigenvalue weighted by atomic mass is 14.9. The molecule has 2 nitrogen and oxygen atoms in total. The van der Waals surface area contributed by atoms with E-state index in [0.29, 0.717) is 0 Å². The molecule has 53 heavy (non-hydrogen) atoms. The Morgan fingerprint density at radius 3 is 1.72 bits per heavy atom. The summed E-state index contributed by atoms with van der Waals surface area (Å²) in [6, 6.07) is 65.3. The first-order chi connectivity index (χ1) is 26.0. The largest absolute Gasteiger partial charge is 0.228 e. The van der Waals surface area contributed by atoms with Crippen molar-refractivity contribution in [3.8, 4) is 67.3 Å². The lowest BCUT2D eigenvalue weighted by Crippen LogP contribution is -2.15. The smallest absolute Gasteiger partial charge is 0.160 e. The Morgan fingerprint density at radius 1 is 0.377 bits per heavy atom. The summed E-state index contributed by atoms with van der Waals surface area (Å²) in [4.78, 5) is 10.2. The third-order valence-corrected chi connectivity index (χ3v) is 11.1. The molecule has 8 aromatic carbocycles. The minimum atomic E-state index is -0.104. The Bertz CT molecular complexity index is 2790. The van der Waals surface area contributed by atoms with Gasteiger partial charge in [-0.15, -0.1) is 0 Å². The van der Waals surface area contributed by atoms with Crippen molar-refractivity contribution in [3.05, 3.63) is 193 Å². The standard InChI is InChI=1S/C51H36N2/c1-51(2)45-26-14-25-39(48(45)44-28-27-33-15-9-10-22-40(33)49(44)51)37-21-13-20-36(31-37)38-29-30-43(42-24-12-11-23-41(38)42)47-32-46(34-16-5-3-6-17-34)52-50(53-47)35-18-7-4-8-19-35/h3-32H,1-2H3. The topological polar surface area (TPSA) is 25.8 Å². The second-order valence-corrected chi connectivity index (χ2v) is 14.5. The summed E-state index contributed by atoms with van der Waals surface area (Å²) in [6.45, 7) is 4.75. The van der Waals surface area contributed by atoms with Gasteiger partial charge in [0.1, 0.15) is 0 Å². The van der Waals surface area contributed by atoms with E-state index < -0.39 is 0 Å². The van der Waals surface area contributed by atoms with Gasteiger partial charge in [0.05, 0.1) is 11.4 Å². The normalized spacial score (nSPS) is 12.9. The van der Waals surface area contributed by atoms with Gasteiger partial charge in [0.15, 0.2) is 5.82 Å². The van der Waals surface area contributed by atoms with E-state index in [0.717, 1.165) is 39.3 Å². The molecule has 250 valence electrons. The van der Waals surface area contributed by atoms with Crippen LogP contribution in [0.1, 0.15) is 25.0 Å². The summed E-state index contributed by atoms with van der Waals surface area (Å²) in [6.07, 6.45) is 0. The molecule has 1 aromatic heterocycles. The van der Waals surface area contributed by atoms with E-state index in [4.69, 9.17) is 9.97 Å². The first-order valence-corrected chi connectivity index (χ1v) is 18.3. The molecular weight excluding hydrogens is 641 g/mol. The van der Waals surface area contributed by atoms with Crippen molar-refractivity contribution >= 4 is 21.5 Å². The van der Waals surface area contributed by atoms with Crippen LogP contribution in [0.25, 0.3) is 88.8 Å². The van der Waals surface area contributed by atoms with E-state index in [1.165, 1.54) is 60.7 Å². The summed E-state index contributed by atoms with van der Waals surface area (Å²) in [5.41, 5.74) is 15.2. The summed E-state index contributed by atoms with van der Waals surface area (Å²) < 4.78 is 0. The second-order valence-electron chi connectivity index (χ2n) is 14.5. The maximum atomic E-state index is 5.18. The Kier molecular flexibility index (Phi) is 7.19. The zero-order valence-electron chi connectivity index (χ0n) is 29.7. The highest BCUT2D eigenvalue weighted by Gasteiger charge is 2.38. The van der Waals surface area contributed by atoms with Crippen LogP contribution >= 0.6 is 0 Å². The lowest BCUT2D eigenvalue weighted by molar-refractivity contribution is 0.666. The molecule has 0 atom stereocenters. The number of hydrogen-bond acceptors (Lipinski definition) is 2. The summed E-state index contributed by atoms with van der Waals surface area (Å²) in [5.74, 6) is 0.718. The quantitative estimate of drug-likeness (QED) is 0.181. The molecule has 2 heteroatoms. The highest BCUT2D eigenvalue weighted by Crippen LogP contribution is 2.54. The molecule has 0 aliphatic heterocycles. The molecule has 0 unspecified atom stereocenters. The molecule has 1 aliphatic carbocycles. The molecule has 0 saturated carbocycles. The van der Waals surface area contributed by atoms with Crippen molar-refractivity contribution in [2.45, 2.75) is 19.3 Å². The van der Waals surface area contributed by atoms with Gasteiger partial charge in [0.2, 0.25) is 0 Å². The van der Waals surface area contributed by atoms with Crippen LogP contribution in [0.15, 0.2) is 182 Å². The number of benzene rings is 8. The number of fused-ring (bicyclic) bond motifs is 6. The van der Waals surface area contributed by atoms with Crippen LogP contribution < -0.4 is 0 Å². The van der Waals surface area contributed by atoms with Crippen LogP contribution in [-0.2, 0) is 5.41 Å². The first kappa shape index (κ1) is 31.1. The number of nitrogens with zero attached hydrogens (tertiary/aromatic N) is 2. The number of rotatable bonds is 5. The van der Waals surface area contributed by atoms with Crippen LogP contribution in [0.4, 0.5) is 0 Å². The molecule has 10 rings (SSSR count). The van der Waals surface area contributed by atoms with E-state index in [2.05, 4.69) is 172 Å². The fourth-order valence-electron chi connectivity index (χ4n) is 8.58. The Hall–Kier alpha value is -6.64. The van der Waals surface area contributed by atoms with Crippen molar-refractivity contribution < 1.29 is 0 Å². The molecule has 0 bridgehead atoms. The number of aromatic nitrogens is 2. The van der Waals surface area contributed by atoms with E-state index in [9.17, 15) is 0 Å². The van der Waals surface area contributed by atoms with Gasteiger partial charge < -0.3 is 0 Å². The SMILES string of the molecule is CC1(C)c2cccc(-c3cccc(-c4ccc(-c5cc(-c6ccccc6)nc(-c6ccccc6)n5)c5ccccc45)c3)c2-c2ccc3ccccc3c21. The summed E-state index contributed by atoms with van der Waals surface area (Å²) in [7, 11) is 0. The fraction of sp³-hybridized carbons (Fsp3) is 0.0588.